The molecule has 8 heteroatoms. The van der Waals surface area contributed by atoms with Crippen LogP contribution in [0, 0.1) is 0 Å². The molecule has 150 valence electrons. The molecular formula is C20H23ClN2O5. The fourth-order valence-electron chi connectivity index (χ4n) is 2.89. The SMILES string of the molecule is COc1cc2nccc(Nc3cc(OC)c(OC)c(OC)c3)c2cc1OC.Cl. The molecule has 0 aliphatic rings. The van der Waals surface area contributed by atoms with E-state index in [1.807, 2.05) is 30.3 Å². The molecule has 2 aromatic carbocycles. The van der Waals surface area contributed by atoms with Crippen molar-refractivity contribution in [2.24, 2.45) is 0 Å². The molecule has 28 heavy (non-hydrogen) atoms. The van der Waals surface area contributed by atoms with Gasteiger partial charge in [-0.1, -0.05) is 0 Å². The number of aromatic nitrogens is 1. The van der Waals surface area contributed by atoms with E-state index in [9.17, 15) is 0 Å². The van der Waals surface area contributed by atoms with Crippen LogP contribution in [0.15, 0.2) is 36.5 Å². The van der Waals surface area contributed by atoms with E-state index in [-0.39, 0.29) is 12.4 Å². The monoisotopic (exact) mass is 406 g/mol. The highest BCUT2D eigenvalue weighted by molar-refractivity contribution is 5.95. The topological polar surface area (TPSA) is 71.1 Å². The van der Waals surface area contributed by atoms with Gasteiger partial charge < -0.3 is 29.0 Å². The van der Waals surface area contributed by atoms with Crippen molar-refractivity contribution >= 4 is 34.7 Å². The number of benzene rings is 2. The van der Waals surface area contributed by atoms with Gasteiger partial charge in [0.05, 0.1) is 41.1 Å². The molecule has 0 aliphatic heterocycles. The molecule has 7 nitrogen and oxygen atoms in total. The van der Waals surface area contributed by atoms with Gasteiger partial charge in [0.2, 0.25) is 5.75 Å². The molecule has 0 saturated carbocycles. The van der Waals surface area contributed by atoms with Crippen LogP contribution in [-0.4, -0.2) is 40.5 Å². The summed E-state index contributed by atoms with van der Waals surface area (Å²) in [5.41, 5.74) is 2.42. The van der Waals surface area contributed by atoms with Crippen molar-refractivity contribution in [1.29, 1.82) is 0 Å². The minimum absolute atomic E-state index is 0. The van der Waals surface area contributed by atoms with Crippen LogP contribution < -0.4 is 29.0 Å². The first-order valence-electron chi connectivity index (χ1n) is 8.23. The van der Waals surface area contributed by atoms with Crippen LogP contribution in [0.4, 0.5) is 11.4 Å². The van der Waals surface area contributed by atoms with Gasteiger partial charge in [0.1, 0.15) is 0 Å². The number of nitrogens with one attached hydrogen (secondary N) is 1. The van der Waals surface area contributed by atoms with Gasteiger partial charge in [-0.05, 0) is 12.1 Å². The number of halogens is 1. The van der Waals surface area contributed by atoms with Gasteiger partial charge in [-0.25, -0.2) is 0 Å². The molecular weight excluding hydrogens is 384 g/mol. The van der Waals surface area contributed by atoms with Gasteiger partial charge in [0.15, 0.2) is 23.0 Å². The fourth-order valence-corrected chi connectivity index (χ4v) is 2.89. The third-order valence-corrected chi connectivity index (χ3v) is 4.19. The first-order chi connectivity index (χ1) is 13.1. The molecule has 3 rings (SSSR count). The lowest BCUT2D eigenvalue weighted by Crippen LogP contribution is -1.99. The smallest absolute Gasteiger partial charge is 0.203 e. The maximum Gasteiger partial charge on any atom is 0.203 e. The molecule has 0 fully saturated rings. The second-order valence-electron chi connectivity index (χ2n) is 5.62. The number of methoxy groups -OCH3 is 5. The summed E-state index contributed by atoms with van der Waals surface area (Å²) >= 11 is 0. The van der Waals surface area contributed by atoms with E-state index in [1.165, 1.54) is 0 Å². The van der Waals surface area contributed by atoms with Gasteiger partial charge in [-0.15, -0.1) is 12.4 Å². The molecule has 1 N–H and O–H groups in total. The van der Waals surface area contributed by atoms with Crippen LogP contribution in [0.25, 0.3) is 10.9 Å². The summed E-state index contributed by atoms with van der Waals surface area (Å²) in [6.45, 7) is 0. The average molecular weight is 407 g/mol. The maximum absolute atomic E-state index is 5.42. The summed E-state index contributed by atoms with van der Waals surface area (Å²) in [7, 11) is 7.94. The summed E-state index contributed by atoms with van der Waals surface area (Å²) in [6.07, 6.45) is 1.73. The lowest BCUT2D eigenvalue weighted by atomic mass is 10.1. The third kappa shape index (κ3) is 3.94. The minimum atomic E-state index is 0. The molecule has 0 amide bonds. The van der Waals surface area contributed by atoms with E-state index in [0.717, 1.165) is 22.3 Å². The van der Waals surface area contributed by atoms with E-state index in [4.69, 9.17) is 23.7 Å². The first kappa shape index (κ1) is 21.2. The molecule has 0 bridgehead atoms. The zero-order chi connectivity index (χ0) is 19.4. The number of fused-ring (bicyclic) bond motifs is 1. The van der Waals surface area contributed by atoms with Gasteiger partial charge in [0, 0.05) is 41.2 Å². The Morgan fingerprint density at radius 1 is 0.714 bits per heavy atom. The van der Waals surface area contributed by atoms with Gasteiger partial charge in [0.25, 0.3) is 0 Å². The van der Waals surface area contributed by atoms with Crippen LogP contribution in [0.3, 0.4) is 0 Å². The summed E-state index contributed by atoms with van der Waals surface area (Å²) < 4.78 is 27.0. The number of hydrogen-bond acceptors (Lipinski definition) is 7. The molecule has 0 unspecified atom stereocenters. The number of pyridine rings is 1. The van der Waals surface area contributed by atoms with Crippen LogP contribution in [0.2, 0.25) is 0 Å². The van der Waals surface area contributed by atoms with Crippen LogP contribution in [-0.2, 0) is 0 Å². The van der Waals surface area contributed by atoms with Crippen molar-refractivity contribution in [2.45, 2.75) is 0 Å². The summed E-state index contributed by atoms with van der Waals surface area (Å²) in [4.78, 5) is 4.42. The largest absolute Gasteiger partial charge is 0.493 e. The van der Waals surface area contributed by atoms with E-state index in [0.29, 0.717) is 28.7 Å². The van der Waals surface area contributed by atoms with Gasteiger partial charge in [-0.3, -0.25) is 4.98 Å². The zero-order valence-electron chi connectivity index (χ0n) is 16.4. The molecule has 0 atom stereocenters. The second-order valence-corrected chi connectivity index (χ2v) is 5.62. The van der Waals surface area contributed by atoms with Crippen LogP contribution in [0.1, 0.15) is 0 Å². The van der Waals surface area contributed by atoms with E-state index in [1.54, 1.807) is 41.7 Å². The Morgan fingerprint density at radius 2 is 1.29 bits per heavy atom. The Bertz CT molecular complexity index is 940. The van der Waals surface area contributed by atoms with E-state index in [2.05, 4.69) is 10.3 Å². The summed E-state index contributed by atoms with van der Waals surface area (Å²) in [5, 5.41) is 4.28. The Hall–Kier alpha value is -3.06. The average Bonchev–Trinajstić information content (AvgIpc) is 2.72. The van der Waals surface area contributed by atoms with Crippen molar-refractivity contribution in [3.05, 3.63) is 36.5 Å². The predicted molar refractivity (Wildman–Crippen MR) is 111 cm³/mol. The highest BCUT2D eigenvalue weighted by atomic mass is 35.5. The molecule has 0 saturated heterocycles. The lowest BCUT2D eigenvalue weighted by molar-refractivity contribution is 0.324. The first-order valence-corrected chi connectivity index (χ1v) is 8.23. The normalized spacial score (nSPS) is 10.0. The van der Waals surface area contributed by atoms with Gasteiger partial charge in [-0.2, -0.15) is 0 Å². The molecule has 3 aromatic rings. The lowest BCUT2D eigenvalue weighted by Gasteiger charge is -2.16. The Labute approximate surface area is 169 Å². The highest BCUT2D eigenvalue weighted by Crippen LogP contribution is 2.41. The number of hydrogen-bond donors (Lipinski definition) is 1. The molecule has 0 spiro atoms. The Kier molecular flexibility index (Phi) is 7.00. The van der Waals surface area contributed by atoms with E-state index < -0.39 is 0 Å². The van der Waals surface area contributed by atoms with Crippen LogP contribution >= 0.6 is 12.4 Å². The van der Waals surface area contributed by atoms with Gasteiger partial charge >= 0.3 is 0 Å². The van der Waals surface area contributed by atoms with E-state index >= 15 is 0 Å². The Morgan fingerprint density at radius 3 is 1.82 bits per heavy atom. The van der Waals surface area contributed by atoms with Crippen molar-refractivity contribution in [3.63, 3.8) is 0 Å². The molecule has 0 radical (unpaired) electrons. The van der Waals surface area contributed by atoms with Crippen molar-refractivity contribution in [1.82, 2.24) is 4.98 Å². The number of nitrogens with zero attached hydrogens (tertiary/aromatic N) is 1. The number of rotatable bonds is 7. The van der Waals surface area contributed by atoms with Crippen molar-refractivity contribution in [3.8, 4) is 28.7 Å². The number of ether oxygens (including phenoxy) is 5. The second kappa shape index (κ2) is 9.23. The quantitative estimate of drug-likeness (QED) is 0.621. The van der Waals surface area contributed by atoms with Crippen LogP contribution in [0.5, 0.6) is 28.7 Å². The highest BCUT2D eigenvalue weighted by Gasteiger charge is 2.15. The molecule has 0 aliphatic carbocycles. The third-order valence-electron chi connectivity index (χ3n) is 4.19. The molecule has 1 aromatic heterocycles. The minimum Gasteiger partial charge on any atom is -0.493 e. The number of anilines is 2. The predicted octanol–water partition coefficient (Wildman–Crippen LogP) is 4.44. The Balaban J connectivity index is 0.00000280. The zero-order valence-corrected chi connectivity index (χ0v) is 17.2. The standard InChI is InChI=1S/C20H22N2O5.ClH/c1-23-16-10-13-14(6-7-21-15(13)11-17(16)24-2)22-12-8-18(25-3)20(27-5)19(9-12)26-4;/h6-11H,1-5H3,(H,21,22);1H. The summed E-state index contributed by atoms with van der Waals surface area (Å²) in [6, 6.07) is 9.30. The fraction of sp³-hybridized carbons (Fsp3) is 0.250. The van der Waals surface area contributed by atoms with Crippen molar-refractivity contribution in [2.75, 3.05) is 40.9 Å². The van der Waals surface area contributed by atoms with Crippen molar-refractivity contribution < 1.29 is 23.7 Å². The maximum atomic E-state index is 5.42. The molecule has 1 heterocycles. The summed E-state index contributed by atoms with van der Waals surface area (Å²) in [5.74, 6) is 2.93.